The zero-order valence-corrected chi connectivity index (χ0v) is 17.1. The van der Waals surface area contributed by atoms with Gasteiger partial charge in [-0.3, -0.25) is 14.4 Å². The number of Topliss-reactive ketones (excluding diaryl/α,β-unsaturated/α-hetero) is 1. The van der Waals surface area contributed by atoms with Gasteiger partial charge in [0.15, 0.2) is 6.10 Å². The molecule has 0 spiro atoms. The summed E-state index contributed by atoms with van der Waals surface area (Å²) in [5.41, 5.74) is 1.04. The van der Waals surface area contributed by atoms with Crippen LogP contribution in [0.4, 0.5) is 4.39 Å². The summed E-state index contributed by atoms with van der Waals surface area (Å²) in [6.45, 7) is 5.92. The Hall–Kier alpha value is -3.49. The Balaban J connectivity index is 2.00. The van der Waals surface area contributed by atoms with Gasteiger partial charge in [-0.1, -0.05) is 12.1 Å². The topological polar surface area (TPSA) is 115 Å². The quantitative estimate of drug-likeness (QED) is 0.503. The van der Waals surface area contributed by atoms with Crippen molar-refractivity contribution in [3.63, 3.8) is 0 Å². The fraction of sp³-hybridized carbons (Fsp3) is 0.333. The molecule has 1 heterocycles. The minimum Gasteiger partial charge on any atom is -0.462 e. The van der Waals surface area contributed by atoms with E-state index >= 15 is 0 Å². The molecule has 1 aromatic carbocycles. The lowest BCUT2D eigenvalue weighted by molar-refractivity contribution is -0.145. The maximum Gasteiger partial charge on any atom is 0.340 e. The van der Waals surface area contributed by atoms with Crippen LogP contribution in [0.3, 0.4) is 0 Å². The van der Waals surface area contributed by atoms with Gasteiger partial charge in [0.2, 0.25) is 5.78 Å². The third-order valence-corrected chi connectivity index (χ3v) is 4.35. The van der Waals surface area contributed by atoms with Crippen LogP contribution in [0.2, 0.25) is 0 Å². The summed E-state index contributed by atoms with van der Waals surface area (Å²) in [6, 6.07) is 5.33. The smallest absolute Gasteiger partial charge is 0.340 e. The van der Waals surface area contributed by atoms with Gasteiger partial charge in [0.05, 0.1) is 23.4 Å². The van der Waals surface area contributed by atoms with Crippen molar-refractivity contribution in [1.29, 1.82) is 0 Å². The number of H-pyrrole nitrogens is 1. The van der Waals surface area contributed by atoms with Crippen LogP contribution in [-0.2, 0) is 14.3 Å². The number of nitrogens with one attached hydrogen (secondary N) is 2. The molecule has 0 bridgehead atoms. The summed E-state index contributed by atoms with van der Waals surface area (Å²) in [7, 11) is 0. The first kappa shape index (κ1) is 22.8. The largest absolute Gasteiger partial charge is 0.462 e. The van der Waals surface area contributed by atoms with E-state index < -0.39 is 42.1 Å². The number of halogens is 1. The zero-order chi connectivity index (χ0) is 22.4. The van der Waals surface area contributed by atoms with E-state index in [9.17, 15) is 23.6 Å². The number of amides is 1. The molecule has 0 aliphatic carbocycles. The van der Waals surface area contributed by atoms with Crippen LogP contribution in [-0.4, -0.2) is 47.9 Å². The Kier molecular flexibility index (Phi) is 7.46. The molecule has 0 unspecified atom stereocenters. The number of carbonyl (C=O) groups is 4. The second-order valence-corrected chi connectivity index (χ2v) is 6.50. The Bertz CT molecular complexity index is 982. The first-order valence-electron chi connectivity index (χ1n) is 9.30. The van der Waals surface area contributed by atoms with E-state index in [1.165, 1.54) is 25.1 Å². The Labute approximate surface area is 172 Å². The Morgan fingerprint density at radius 3 is 2.47 bits per heavy atom. The normalized spacial score (nSPS) is 11.5. The lowest BCUT2D eigenvalue weighted by atomic mass is 10.1. The van der Waals surface area contributed by atoms with Crippen molar-refractivity contribution in [2.75, 3.05) is 13.2 Å². The number of hydrogen-bond donors (Lipinski definition) is 2. The van der Waals surface area contributed by atoms with Crippen molar-refractivity contribution < 1.29 is 33.0 Å². The molecule has 9 heteroatoms. The van der Waals surface area contributed by atoms with Gasteiger partial charge in [0.1, 0.15) is 12.4 Å². The molecule has 160 valence electrons. The molecule has 2 N–H and O–H groups in total. The molecule has 8 nitrogen and oxygen atoms in total. The predicted octanol–water partition coefficient (Wildman–Crippen LogP) is 2.49. The first-order chi connectivity index (χ1) is 14.2. The summed E-state index contributed by atoms with van der Waals surface area (Å²) in [4.78, 5) is 51.5. The van der Waals surface area contributed by atoms with Gasteiger partial charge in [-0.25, -0.2) is 9.18 Å². The van der Waals surface area contributed by atoms with E-state index in [2.05, 4.69) is 10.3 Å². The van der Waals surface area contributed by atoms with E-state index in [-0.39, 0.29) is 23.4 Å². The van der Waals surface area contributed by atoms with Gasteiger partial charge < -0.3 is 19.8 Å². The van der Waals surface area contributed by atoms with Gasteiger partial charge in [0, 0.05) is 5.69 Å². The van der Waals surface area contributed by atoms with Crippen LogP contribution >= 0.6 is 0 Å². The molecular weight excluding hydrogens is 395 g/mol. The highest BCUT2D eigenvalue weighted by molar-refractivity contribution is 6.04. The van der Waals surface area contributed by atoms with E-state index in [1.54, 1.807) is 20.8 Å². The van der Waals surface area contributed by atoms with Gasteiger partial charge in [-0.15, -0.1) is 0 Å². The molecule has 0 aliphatic rings. The van der Waals surface area contributed by atoms with Crippen LogP contribution in [0, 0.1) is 19.7 Å². The maximum atomic E-state index is 13.6. The second-order valence-electron chi connectivity index (χ2n) is 6.50. The fourth-order valence-corrected chi connectivity index (χ4v) is 2.89. The first-order valence-corrected chi connectivity index (χ1v) is 9.30. The summed E-state index contributed by atoms with van der Waals surface area (Å²) < 4.78 is 23.6. The predicted molar refractivity (Wildman–Crippen MR) is 105 cm³/mol. The van der Waals surface area contributed by atoms with Crippen molar-refractivity contribution in [3.05, 3.63) is 58.2 Å². The summed E-state index contributed by atoms with van der Waals surface area (Å²) >= 11 is 0. The molecule has 0 saturated carbocycles. The molecule has 2 rings (SSSR count). The molecule has 30 heavy (non-hydrogen) atoms. The molecule has 1 aromatic heterocycles. The van der Waals surface area contributed by atoms with Crippen LogP contribution < -0.4 is 5.32 Å². The molecule has 0 aliphatic heterocycles. The molecule has 0 fully saturated rings. The SMILES string of the molecule is CCOC(=O)c1c(C)[nH]c(C(=O)[C@H](C)OC(=O)CNC(=O)c2ccccc2F)c1C. The Morgan fingerprint density at radius 2 is 1.83 bits per heavy atom. The number of ether oxygens (including phenoxy) is 2. The average molecular weight is 418 g/mol. The molecule has 0 saturated heterocycles. The number of rotatable bonds is 8. The molecule has 1 atom stereocenters. The average Bonchev–Trinajstić information content (AvgIpc) is 3.00. The number of hydrogen-bond acceptors (Lipinski definition) is 6. The van der Waals surface area contributed by atoms with Crippen LogP contribution in [0.15, 0.2) is 24.3 Å². The van der Waals surface area contributed by atoms with Gasteiger partial charge in [-0.05, 0) is 45.4 Å². The van der Waals surface area contributed by atoms with Gasteiger partial charge in [-0.2, -0.15) is 0 Å². The Morgan fingerprint density at radius 1 is 1.17 bits per heavy atom. The lowest BCUT2D eigenvalue weighted by Gasteiger charge is -2.13. The van der Waals surface area contributed by atoms with Crippen LogP contribution in [0.25, 0.3) is 0 Å². The second kappa shape index (κ2) is 9.82. The number of aromatic nitrogens is 1. The maximum absolute atomic E-state index is 13.6. The van der Waals surface area contributed by atoms with Crippen LogP contribution in [0.5, 0.6) is 0 Å². The van der Waals surface area contributed by atoms with Crippen molar-refractivity contribution in [2.45, 2.75) is 33.8 Å². The third kappa shape index (κ3) is 5.11. The number of aromatic amines is 1. The monoisotopic (exact) mass is 418 g/mol. The highest BCUT2D eigenvalue weighted by atomic mass is 19.1. The van der Waals surface area contributed by atoms with Crippen molar-refractivity contribution in [2.24, 2.45) is 0 Å². The van der Waals surface area contributed by atoms with E-state index in [0.717, 1.165) is 6.07 Å². The summed E-state index contributed by atoms with van der Waals surface area (Å²) in [5, 5.41) is 2.24. The van der Waals surface area contributed by atoms with Gasteiger partial charge >= 0.3 is 11.9 Å². The molecule has 2 aromatic rings. The van der Waals surface area contributed by atoms with Gasteiger partial charge in [0.25, 0.3) is 5.91 Å². The summed E-state index contributed by atoms with van der Waals surface area (Å²) in [5.74, 6) is -3.46. The lowest BCUT2D eigenvalue weighted by Crippen LogP contribution is -2.34. The number of carbonyl (C=O) groups excluding carboxylic acids is 4. The number of benzene rings is 1. The summed E-state index contributed by atoms with van der Waals surface area (Å²) in [6.07, 6.45) is -1.17. The van der Waals surface area contributed by atoms with Crippen molar-refractivity contribution >= 4 is 23.6 Å². The molecule has 1 amide bonds. The van der Waals surface area contributed by atoms with Crippen LogP contribution in [0.1, 0.15) is 56.3 Å². The molecular formula is C21H23FN2O6. The standard InChI is InChI=1S/C21H23FN2O6/c1-5-29-21(28)17-11(2)18(24-12(17)3)19(26)13(4)30-16(25)10-23-20(27)14-8-6-7-9-15(14)22/h6-9,13,24H,5,10H2,1-4H3,(H,23,27)/t13-/m0/s1. The van der Waals surface area contributed by atoms with E-state index in [1.807, 2.05) is 0 Å². The van der Waals surface area contributed by atoms with Crippen molar-refractivity contribution in [3.8, 4) is 0 Å². The number of esters is 2. The fourth-order valence-electron chi connectivity index (χ4n) is 2.89. The van der Waals surface area contributed by atoms with Crippen molar-refractivity contribution in [1.82, 2.24) is 10.3 Å². The van der Waals surface area contributed by atoms with E-state index in [4.69, 9.17) is 9.47 Å². The third-order valence-electron chi connectivity index (χ3n) is 4.35. The molecule has 0 radical (unpaired) electrons. The number of ketones is 1. The highest BCUT2D eigenvalue weighted by Gasteiger charge is 2.27. The van der Waals surface area contributed by atoms with E-state index in [0.29, 0.717) is 11.3 Å². The zero-order valence-electron chi connectivity index (χ0n) is 17.1. The minimum absolute atomic E-state index is 0.131. The highest BCUT2D eigenvalue weighted by Crippen LogP contribution is 2.21. The number of aryl methyl sites for hydroxylation is 1. The minimum atomic E-state index is -1.17.